The van der Waals surface area contributed by atoms with Crippen molar-refractivity contribution < 1.29 is 4.74 Å². The van der Waals surface area contributed by atoms with E-state index in [0.29, 0.717) is 0 Å². The molecule has 0 saturated heterocycles. The van der Waals surface area contributed by atoms with Gasteiger partial charge in [-0.25, -0.2) is 5.43 Å². The number of hydrogen-bond donors (Lipinski definition) is 2. The number of pyridine rings is 1. The molecule has 18 heavy (non-hydrogen) atoms. The Hall–Kier alpha value is -1.18. The lowest BCUT2D eigenvalue weighted by atomic mass is 10.0. The van der Waals surface area contributed by atoms with Gasteiger partial charge in [0.15, 0.2) is 0 Å². The highest BCUT2D eigenvalue weighted by atomic mass is 127. The Labute approximate surface area is 120 Å². The number of ether oxygens (including phenoxy) is 1. The molecule has 2 aromatic rings. The van der Waals surface area contributed by atoms with E-state index in [0.717, 1.165) is 20.4 Å². The molecule has 0 amide bonds. The molecule has 2 rings (SSSR count). The molecule has 0 bridgehead atoms. The summed E-state index contributed by atoms with van der Waals surface area (Å²) in [5.74, 6) is 6.40. The number of nitrogens with two attached hydrogens (primary N) is 1. The second kappa shape index (κ2) is 6.12. The van der Waals surface area contributed by atoms with Crippen LogP contribution in [0.15, 0.2) is 42.7 Å². The second-order valence-electron chi connectivity index (χ2n) is 3.78. The highest BCUT2D eigenvalue weighted by Crippen LogP contribution is 2.26. The van der Waals surface area contributed by atoms with Crippen LogP contribution in [0.5, 0.6) is 5.75 Å². The molecule has 1 aromatic heterocycles. The normalized spacial score (nSPS) is 12.2. The van der Waals surface area contributed by atoms with Crippen LogP contribution in [0.3, 0.4) is 0 Å². The Morgan fingerprint density at radius 3 is 2.78 bits per heavy atom. The van der Waals surface area contributed by atoms with Crippen LogP contribution in [-0.2, 0) is 0 Å². The van der Waals surface area contributed by atoms with Crippen molar-refractivity contribution in [3.63, 3.8) is 0 Å². The van der Waals surface area contributed by atoms with E-state index in [1.54, 1.807) is 19.5 Å². The maximum atomic E-state index is 5.68. The summed E-state index contributed by atoms with van der Waals surface area (Å²) >= 11 is 2.30. The van der Waals surface area contributed by atoms with Crippen molar-refractivity contribution in [3.8, 4) is 5.75 Å². The zero-order chi connectivity index (χ0) is 13.0. The largest absolute Gasteiger partial charge is 0.495 e. The Kier molecular flexibility index (Phi) is 4.51. The minimum atomic E-state index is -0.0966. The lowest BCUT2D eigenvalue weighted by Gasteiger charge is -2.18. The van der Waals surface area contributed by atoms with Gasteiger partial charge in [-0.3, -0.25) is 10.8 Å². The summed E-state index contributed by atoms with van der Waals surface area (Å²) in [6.45, 7) is 0. The van der Waals surface area contributed by atoms with Crippen LogP contribution < -0.4 is 16.0 Å². The minimum Gasteiger partial charge on any atom is -0.495 e. The molecule has 1 aromatic carbocycles. The molecule has 0 aliphatic rings. The lowest BCUT2D eigenvalue weighted by molar-refractivity contribution is 0.411. The first-order valence-electron chi connectivity index (χ1n) is 5.45. The zero-order valence-electron chi connectivity index (χ0n) is 9.93. The second-order valence-corrected chi connectivity index (χ2v) is 4.94. The van der Waals surface area contributed by atoms with E-state index in [4.69, 9.17) is 10.6 Å². The molecule has 5 heteroatoms. The average molecular weight is 355 g/mol. The molecule has 94 valence electrons. The molecule has 0 spiro atoms. The van der Waals surface area contributed by atoms with Crippen molar-refractivity contribution >= 4 is 22.6 Å². The van der Waals surface area contributed by atoms with Crippen LogP contribution in [0.1, 0.15) is 17.2 Å². The zero-order valence-corrected chi connectivity index (χ0v) is 12.1. The standard InChI is InChI=1S/C13H14IN3O/c1-18-10-6-9(7-16-8-10)13(17-15)11-4-2-3-5-12(11)14/h2-8,13,17H,15H2,1H3. The first-order valence-corrected chi connectivity index (χ1v) is 6.53. The molecule has 1 heterocycles. The number of aromatic nitrogens is 1. The minimum absolute atomic E-state index is 0.0966. The smallest absolute Gasteiger partial charge is 0.137 e. The third-order valence-corrected chi connectivity index (χ3v) is 3.67. The molecule has 0 aliphatic heterocycles. The average Bonchev–Trinajstić information content (AvgIpc) is 2.42. The molecule has 4 nitrogen and oxygen atoms in total. The molecule has 0 radical (unpaired) electrons. The number of methoxy groups -OCH3 is 1. The highest BCUT2D eigenvalue weighted by molar-refractivity contribution is 14.1. The molecule has 3 N–H and O–H groups in total. The van der Waals surface area contributed by atoms with Crippen molar-refractivity contribution in [2.75, 3.05) is 7.11 Å². The van der Waals surface area contributed by atoms with Crippen molar-refractivity contribution in [2.45, 2.75) is 6.04 Å². The predicted molar refractivity (Wildman–Crippen MR) is 79.1 cm³/mol. The Morgan fingerprint density at radius 1 is 1.33 bits per heavy atom. The first kappa shape index (κ1) is 13.3. The summed E-state index contributed by atoms with van der Waals surface area (Å²) < 4.78 is 6.34. The monoisotopic (exact) mass is 355 g/mol. The summed E-state index contributed by atoms with van der Waals surface area (Å²) in [4.78, 5) is 4.16. The summed E-state index contributed by atoms with van der Waals surface area (Å²) in [5.41, 5.74) is 4.92. The quantitative estimate of drug-likeness (QED) is 0.502. The van der Waals surface area contributed by atoms with Gasteiger partial charge >= 0.3 is 0 Å². The van der Waals surface area contributed by atoms with E-state index in [9.17, 15) is 0 Å². The summed E-state index contributed by atoms with van der Waals surface area (Å²) in [5, 5.41) is 0. The van der Waals surface area contributed by atoms with Gasteiger partial charge in [0.2, 0.25) is 0 Å². The molecule has 1 atom stereocenters. The van der Waals surface area contributed by atoms with Crippen LogP contribution in [0.2, 0.25) is 0 Å². The molecule has 0 fully saturated rings. The van der Waals surface area contributed by atoms with E-state index < -0.39 is 0 Å². The van der Waals surface area contributed by atoms with E-state index in [1.165, 1.54) is 0 Å². The Morgan fingerprint density at radius 2 is 2.11 bits per heavy atom. The van der Waals surface area contributed by atoms with Gasteiger partial charge in [0.1, 0.15) is 5.75 Å². The third-order valence-electron chi connectivity index (χ3n) is 2.69. The fraction of sp³-hybridized carbons (Fsp3) is 0.154. The predicted octanol–water partition coefficient (Wildman–Crippen LogP) is 2.25. The maximum absolute atomic E-state index is 5.68. The van der Waals surface area contributed by atoms with Gasteiger partial charge in [-0.1, -0.05) is 18.2 Å². The Balaban J connectivity index is 2.42. The van der Waals surface area contributed by atoms with Crippen molar-refractivity contribution in [1.29, 1.82) is 0 Å². The number of nitrogens with zero attached hydrogens (tertiary/aromatic N) is 1. The molecular formula is C13H14IN3O. The molecule has 0 saturated carbocycles. The summed E-state index contributed by atoms with van der Waals surface area (Å²) in [6.07, 6.45) is 3.46. The SMILES string of the molecule is COc1cncc(C(NN)c2ccccc2I)c1. The summed E-state index contributed by atoms with van der Waals surface area (Å²) in [7, 11) is 1.62. The van der Waals surface area contributed by atoms with Gasteiger partial charge in [0.05, 0.1) is 19.3 Å². The van der Waals surface area contributed by atoms with Gasteiger partial charge in [-0.2, -0.15) is 0 Å². The number of hydrazine groups is 1. The van der Waals surface area contributed by atoms with Crippen molar-refractivity contribution in [2.24, 2.45) is 5.84 Å². The highest BCUT2D eigenvalue weighted by Gasteiger charge is 2.15. The van der Waals surface area contributed by atoms with E-state index >= 15 is 0 Å². The number of rotatable bonds is 4. The van der Waals surface area contributed by atoms with Crippen molar-refractivity contribution in [1.82, 2.24) is 10.4 Å². The van der Waals surface area contributed by atoms with E-state index in [2.05, 4.69) is 33.0 Å². The number of nitrogens with one attached hydrogen (secondary N) is 1. The van der Waals surface area contributed by atoms with Gasteiger partial charge in [-0.05, 0) is 45.9 Å². The maximum Gasteiger partial charge on any atom is 0.137 e. The van der Waals surface area contributed by atoms with Gasteiger partial charge < -0.3 is 4.74 Å². The van der Waals surface area contributed by atoms with E-state index in [1.807, 2.05) is 30.3 Å². The Bertz CT molecular complexity index is 533. The molecular weight excluding hydrogens is 341 g/mol. The topological polar surface area (TPSA) is 60.2 Å². The third kappa shape index (κ3) is 2.80. The summed E-state index contributed by atoms with van der Waals surface area (Å²) in [6, 6.07) is 9.93. The number of hydrogen-bond acceptors (Lipinski definition) is 4. The number of halogens is 1. The van der Waals surface area contributed by atoms with Gasteiger partial charge in [0, 0.05) is 9.77 Å². The van der Waals surface area contributed by atoms with Gasteiger partial charge in [-0.15, -0.1) is 0 Å². The fourth-order valence-corrected chi connectivity index (χ4v) is 2.48. The van der Waals surface area contributed by atoms with Gasteiger partial charge in [0.25, 0.3) is 0 Å². The van der Waals surface area contributed by atoms with Crippen LogP contribution in [0.25, 0.3) is 0 Å². The molecule has 1 unspecified atom stereocenters. The van der Waals surface area contributed by atoms with Crippen LogP contribution >= 0.6 is 22.6 Å². The first-order chi connectivity index (χ1) is 8.76. The number of benzene rings is 1. The van der Waals surface area contributed by atoms with Crippen molar-refractivity contribution in [3.05, 3.63) is 57.4 Å². The molecule has 0 aliphatic carbocycles. The van der Waals surface area contributed by atoms with Crippen LogP contribution in [-0.4, -0.2) is 12.1 Å². The van der Waals surface area contributed by atoms with Crippen LogP contribution in [0.4, 0.5) is 0 Å². The van der Waals surface area contributed by atoms with E-state index in [-0.39, 0.29) is 6.04 Å². The van der Waals surface area contributed by atoms with Crippen LogP contribution in [0, 0.1) is 3.57 Å². The fourth-order valence-electron chi connectivity index (χ4n) is 1.78. The lowest BCUT2D eigenvalue weighted by Crippen LogP contribution is -2.29.